The van der Waals surface area contributed by atoms with Crippen LogP contribution in [-0.2, 0) is 11.2 Å². The van der Waals surface area contributed by atoms with Crippen molar-refractivity contribution >= 4 is 23.7 Å². The summed E-state index contributed by atoms with van der Waals surface area (Å²) in [4.78, 5) is 17.4. The molecule has 0 saturated carbocycles. The average Bonchev–Trinajstić information content (AvgIpc) is 3.06. The van der Waals surface area contributed by atoms with Crippen molar-refractivity contribution in [2.75, 3.05) is 11.1 Å². The van der Waals surface area contributed by atoms with Gasteiger partial charge in [0.2, 0.25) is 5.91 Å². The molecule has 0 aliphatic carbocycles. The molecule has 1 amide bonds. The van der Waals surface area contributed by atoms with Gasteiger partial charge in [0.25, 0.3) is 5.89 Å². The van der Waals surface area contributed by atoms with Crippen molar-refractivity contribution < 1.29 is 9.21 Å². The van der Waals surface area contributed by atoms with Crippen LogP contribution in [0.4, 0.5) is 6.01 Å². The van der Waals surface area contributed by atoms with E-state index in [1.165, 1.54) is 4.90 Å². The van der Waals surface area contributed by atoms with Crippen LogP contribution in [0.5, 0.6) is 0 Å². The Bertz CT molecular complexity index is 803. The molecule has 122 valence electrons. The Balaban J connectivity index is 1.60. The van der Waals surface area contributed by atoms with E-state index in [0.29, 0.717) is 5.69 Å². The van der Waals surface area contributed by atoms with Gasteiger partial charge >= 0.3 is 6.01 Å². The Kier molecular flexibility index (Phi) is 5.22. The normalized spacial score (nSPS) is 10.5. The number of pyridine rings is 1. The zero-order valence-corrected chi connectivity index (χ0v) is 13.9. The highest BCUT2D eigenvalue weighted by molar-refractivity contribution is 7.99. The van der Waals surface area contributed by atoms with Crippen LogP contribution in [0.15, 0.2) is 58.0 Å². The third kappa shape index (κ3) is 4.20. The molecule has 24 heavy (non-hydrogen) atoms. The van der Waals surface area contributed by atoms with Gasteiger partial charge in [-0.2, -0.15) is 0 Å². The van der Waals surface area contributed by atoms with Gasteiger partial charge in [0.1, 0.15) is 5.69 Å². The van der Waals surface area contributed by atoms with E-state index in [0.717, 1.165) is 11.3 Å². The van der Waals surface area contributed by atoms with E-state index in [1.807, 2.05) is 30.3 Å². The number of thioether (sulfide) groups is 1. The second-order valence-electron chi connectivity index (χ2n) is 4.93. The van der Waals surface area contributed by atoms with Crippen LogP contribution in [0.2, 0.25) is 0 Å². The lowest BCUT2D eigenvalue weighted by Crippen LogP contribution is -2.14. The summed E-state index contributed by atoms with van der Waals surface area (Å²) in [6, 6.07) is 13.4. The van der Waals surface area contributed by atoms with E-state index in [2.05, 4.69) is 27.4 Å². The fourth-order valence-corrected chi connectivity index (χ4v) is 2.75. The van der Waals surface area contributed by atoms with Crippen LogP contribution in [0.3, 0.4) is 0 Å². The smallest absolute Gasteiger partial charge is 0.322 e. The predicted molar refractivity (Wildman–Crippen MR) is 92.7 cm³/mol. The molecule has 0 bridgehead atoms. The molecule has 3 aromatic rings. The summed E-state index contributed by atoms with van der Waals surface area (Å²) >= 11 is 1.77. The standard InChI is InChI=1S/C17H16N4O2S/c1-2-24-13-8-6-12(7-9-13)11-15(22)19-17-21-20-16(23-17)14-5-3-4-10-18-14/h3-10H,2,11H2,1H3,(H,19,21,22). The maximum Gasteiger partial charge on any atom is 0.322 e. The van der Waals surface area contributed by atoms with Crippen molar-refractivity contribution in [2.24, 2.45) is 0 Å². The fraction of sp³-hybridized carbons (Fsp3) is 0.176. The molecule has 1 aromatic carbocycles. The van der Waals surface area contributed by atoms with Gasteiger partial charge in [-0.25, -0.2) is 0 Å². The minimum absolute atomic E-state index is 0.0683. The summed E-state index contributed by atoms with van der Waals surface area (Å²) in [5.74, 6) is 1.09. The van der Waals surface area contributed by atoms with Gasteiger partial charge in [0.05, 0.1) is 6.42 Å². The summed E-state index contributed by atoms with van der Waals surface area (Å²) in [5, 5.41) is 10.3. The molecule has 0 unspecified atom stereocenters. The van der Waals surface area contributed by atoms with Crippen LogP contribution in [0, 0.1) is 0 Å². The Hall–Kier alpha value is -2.67. The largest absolute Gasteiger partial charge is 0.401 e. The van der Waals surface area contributed by atoms with Crippen molar-refractivity contribution in [2.45, 2.75) is 18.2 Å². The number of aromatic nitrogens is 3. The highest BCUT2D eigenvalue weighted by Gasteiger charge is 2.12. The topological polar surface area (TPSA) is 80.9 Å². The van der Waals surface area contributed by atoms with Gasteiger partial charge in [-0.1, -0.05) is 30.2 Å². The number of hydrogen-bond acceptors (Lipinski definition) is 6. The first-order valence-corrected chi connectivity index (χ1v) is 8.49. The molecular weight excluding hydrogens is 324 g/mol. The highest BCUT2D eigenvalue weighted by atomic mass is 32.2. The summed E-state index contributed by atoms with van der Waals surface area (Å²) in [6.07, 6.45) is 1.89. The van der Waals surface area contributed by atoms with Crippen molar-refractivity contribution in [1.82, 2.24) is 15.2 Å². The third-order valence-electron chi connectivity index (χ3n) is 3.15. The van der Waals surface area contributed by atoms with Crippen molar-refractivity contribution in [3.63, 3.8) is 0 Å². The summed E-state index contributed by atoms with van der Waals surface area (Å²) < 4.78 is 5.41. The van der Waals surface area contributed by atoms with Crippen LogP contribution >= 0.6 is 11.8 Å². The molecule has 2 aromatic heterocycles. The van der Waals surface area contributed by atoms with E-state index < -0.39 is 0 Å². The van der Waals surface area contributed by atoms with Gasteiger partial charge in [-0.05, 0) is 35.6 Å². The Morgan fingerprint density at radius 3 is 2.71 bits per heavy atom. The first-order valence-electron chi connectivity index (χ1n) is 7.51. The number of benzene rings is 1. The summed E-state index contributed by atoms with van der Waals surface area (Å²) in [6.45, 7) is 2.11. The number of nitrogens with one attached hydrogen (secondary N) is 1. The zero-order valence-electron chi connectivity index (χ0n) is 13.1. The number of hydrogen-bond donors (Lipinski definition) is 1. The molecule has 6 nitrogen and oxygen atoms in total. The molecule has 0 aliphatic rings. The number of amides is 1. The molecule has 0 atom stereocenters. The third-order valence-corrected chi connectivity index (χ3v) is 4.05. The van der Waals surface area contributed by atoms with Crippen LogP contribution < -0.4 is 5.32 Å². The van der Waals surface area contributed by atoms with Crippen molar-refractivity contribution in [3.8, 4) is 11.6 Å². The molecule has 2 heterocycles. The molecular formula is C17H16N4O2S. The number of rotatable bonds is 6. The van der Waals surface area contributed by atoms with Crippen LogP contribution in [-0.4, -0.2) is 26.8 Å². The second-order valence-corrected chi connectivity index (χ2v) is 6.27. The minimum Gasteiger partial charge on any atom is -0.401 e. The number of anilines is 1. The number of carbonyl (C=O) groups excluding carboxylic acids is 1. The van der Waals surface area contributed by atoms with Gasteiger partial charge in [0, 0.05) is 11.1 Å². The average molecular weight is 340 g/mol. The fourth-order valence-electron chi connectivity index (χ4n) is 2.09. The molecule has 7 heteroatoms. The van der Waals surface area contributed by atoms with Crippen molar-refractivity contribution in [3.05, 3.63) is 54.2 Å². The Labute approximate surface area is 143 Å². The lowest BCUT2D eigenvalue weighted by molar-refractivity contribution is -0.115. The van der Waals surface area contributed by atoms with E-state index in [9.17, 15) is 4.79 Å². The predicted octanol–water partition coefficient (Wildman–Crippen LogP) is 3.42. The maximum absolute atomic E-state index is 12.1. The van der Waals surface area contributed by atoms with Gasteiger partial charge in [0.15, 0.2) is 0 Å². The summed E-state index contributed by atoms with van der Waals surface area (Å²) in [7, 11) is 0. The van der Waals surface area contributed by atoms with Crippen LogP contribution in [0.1, 0.15) is 12.5 Å². The van der Waals surface area contributed by atoms with Crippen molar-refractivity contribution in [1.29, 1.82) is 0 Å². The van der Waals surface area contributed by atoms with Gasteiger partial charge < -0.3 is 4.42 Å². The summed E-state index contributed by atoms with van der Waals surface area (Å²) in [5.41, 5.74) is 1.49. The van der Waals surface area contributed by atoms with Gasteiger partial charge in [-0.3, -0.25) is 15.1 Å². The maximum atomic E-state index is 12.1. The zero-order chi connectivity index (χ0) is 16.8. The number of carbonyl (C=O) groups is 1. The quantitative estimate of drug-likeness (QED) is 0.693. The second kappa shape index (κ2) is 7.74. The lowest BCUT2D eigenvalue weighted by Gasteiger charge is -2.03. The monoisotopic (exact) mass is 340 g/mol. The lowest BCUT2D eigenvalue weighted by atomic mass is 10.1. The van der Waals surface area contributed by atoms with Gasteiger partial charge in [-0.15, -0.1) is 16.9 Å². The SMILES string of the molecule is CCSc1ccc(CC(=O)Nc2nnc(-c3ccccn3)o2)cc1. The number of nitrogens with zero attached hydrogens (tertiary/aromatic N) is 3. The van der Waals surface area contributed by atoms with Crippen LogP contribution in [0.25, 0.3) is 11.6 Å². The highest BCUT2D eigenvalue weighted by Crippen LogP contribution is 2.19. The molecule has 0 aliphatic heterocycles. The molecule has 0 radical (unpaired) electrons. The molecule has 0 spiro atoms. The first-order chi connectivity index (χ1) is 11.7. The van der Waals surface area contributed by atoms with E-state index in [1.54, 1.807) is 30.1 Å². The minimum atomic E-state index is -0.206. The Morgan fingerprint density at radius 2 is 2.00 bits per heavy atom. The molecule has 0 fully saturated rings. The molecule has 3 rings (SSSR count). The first kappa shape index (κ1) is 16.2. The molecule has 0 saturated heterocycles. The van der Waals surface area contributed by atoms with E-state index >= 15 is 0 Å². The molecule has 1 N–H and O–H groups in total. The Morgan fingerprint density at radius 1 is 1.17 bits per heavy atom. The van der Waals surface area contributed by atoms with E-state index in [-0.39, 0.29) is 24.2 Å². The van der Waals surface area contributed by atoms with E-state index in [4.69, 9.17) is 4.42 Å².